The van der Waals surface area contributed by atoms with Gasteiger partial charge in [-0.2, -0.15) is 5.10 Å². The first-order valence-electron chi connectivity index (χ1n) is 11.4. The number of anilines is 1. The Bertz CT molecular complexity index is 1710. The molecule has 0 aliphatic carbocycles. The molecule has 6 aromatic heterocycles. The van der Waals surface area contributed by atoms with Crippen molar-refractivity contribution in [3.05, 3.63) is 59.9 Å². The third kappa shape index (κ3) is 3.37. The van der Waals surface area contributed by atoms with Crippen LogP contribution in [0.3, 0.4) is 0 Å². The lowest BCUT2D eigenvalue weighted by atomic mass is 10.1. The highest BCUT2D eigenvalue weighted by Gasteiger charge is 2.25. The Hall–Kier alpha value is -4.15. The lowest BCUT2D eigenvalue weighted by molar-refractivity contribution is 0.514. The lowest BCUT2D eigenvalue weighted by Gasteiger charge is -2.37. The van der Waals surface area contributed by atoms with E-state index >= 15 is 0 Å². The molecule has 1 aliphatic rings. The average Bonchev–Trinajstić information content (AvgIpc) is 3.59. The van der Waals surface area contributed by atoms with Crippen LogP contribution in [0.1, 0.15) is 4.88 Å². The third-order valence-corrected chi connectivity index (χ3v) is 7.35. The number of rotatable bonds is 4. The second kappa shape index (κ2) is 7.69. The van der Waals surface area contributed by atoms with E-state index in [1.807, 2.05) is 18.3 Å². The van der Waals surface area contributed by atoms with Crippen molar-refractivity contribution in [3.63, 3.8) is 0 Å². The fourth-order valence-corrected chi connectivity index (χ4v) is 5.42. The second-order valence-electron chi connectivity index (χ2n) is 8.81. The van der Waals surface area contributed by atoms with E-state index in [4.69, 9.17) is 15.7 Å². The van der Waals surface area contributed by atoms with Crippen molar-refractivity contribution >= 4 is 39.2 Å². The highest BCUT2D eigenvalue weighted by atomic mass is 32.1. The molecule has 35 heavy (non-hydrogen) atoms. The van der Waals surface area contributed by atoms with Gasteiger partial charge in [-0.05, 0) is 43.3 Å². The fourth-order valence-electron chi connectivity index (χ4n) is 4.51. The first-order chi connectivity index (χ1) is 17.1. The molecule has 1 saturated heterocycles. The van der Waals surface area contributed by atoms with Gasteiger partial charge in [-0.3, -0.25) is 10.1 Å². The van der Waals surface area contributed by atoms with Gasteiger partial charge in [0.1, 0.15) is 28.4 Å². The van der Waals surface area contributed by atoms with E-state index in [1.165, 1.54) is 9.75 Å². The van der Waals surface area contributed by atoms with E-state index < -0.39 is 0 Å². The minimum absolute atomic E-state index is 0.193. The molecule has 1 aliphatic heterocycles. The van der Waals surface area contributed by atoms with Crippen LogP contribution in [0.5, 0.6) is 0 Å². The van der Waals surface area contributed by atoms with E-state index in [1.54, 1.807) is 23.7 Å². The predicted octanol–water partition coefficient (Wildman–Crippen LogP) is 4.14. The van der Waals surface area contributed by atoms with Crippen LogP contribution in [0, 0.1) is 6.92 Å². The SMILES string of the molecule is Cc1ccc(-c2ccnc3[nH]c(-c4n[nH]c5ccc(-c6cncc(N7CC(N)C7)n6)nc45)cc23)s1. The monoisotopic (exact) mass is 479 g/mol. The number of fused-ring (bicyclic) bond motifs is 2. The Kier molecular flexibility index (Phi) is 4.45. The van der Waals surface area contributed by atoms with Gasteiger partial charge in [-0.25, -0.2) is 15.0 Å². The molecule has 0 atom stereocenters. The summed E-state index contributed by atoms with van der Waals surface area (Å²) in [6.07, 6.45) is 5.34. The number of nitrogens with two attached hydrogens (primary N) is 1. The summed E-state index contributed by atoms with van der Waals surface area (Å²) in [6, 6.07) is 12.6. The van der Waals surface area contributed by atoms with Crippen LogP contribution in [-0.2, 0) is 0 Å². The van der Waals surface area contributed by atoms with Gasteiger partial charge in [0.2, 0.25) is 0 Å². The summed E-state index contributed by atoms with van der Waals surface area (Å²) in [7, 11) is 0. The molecule has 9 nitrogen and oxygen atoms in total. The molecule has 0 unspecified atom stereocenters. The quantitative estimate of drug-likeness (QED) is 0.347. The molecule has 0 aromatic carbocycles. The molecular weight excluding hydrogens is 458 g/mol. The zero-order valence-electron chi connectivity index (χ0n) is 18.9. The largest absolute Gasteiger partial charge is 0.352 e. The fraction of sp³-hybridized carbons (Fsp3) is 0.160. The molecule has 0 saturated carbocycles. The van der Waals surface area contributed by atoms with Gasteiger partial charge in [0.25, 0.3) is 0 Å². The molecule has 172 valence electrons. The molecule has 7 rings (SSSR count). The van der Waals surface area contributed by atoms with Crippen LogP contribution in [0.25, 0.3) is 55.3 Å². The number of hydrogen-bond donors (Lipinski definition) is 3. The van der Waals surface area contributed by atoms with Crippen LogP contribution in [0.4, 0.5) is 5.82 Å². The Labute approximate surface area is 204 Å². The molecule has 7 heterocycles. The molecule has 10 heteroatoms. The van der Waals surface area contributed by atoms with Crippen LogP contribution < -0.4 is 10.6 Å². The van der Waals surface area contributed by atoms with E-state index in [0.717, 1.165) is 63.6 Å². The Morgan fingerprint density at radius 2 is 1.97 bits per heavy atom. The van der Waals surface area contributed by atoms with Crippen molar-refractivity contribution in [2.45, 2.75) is 13.0 Å². The summed E-state index contributed by atoms with van der Waals surface area (Å²) in [5.41, 5.74) is 12.6. The lowest BCUT2D eigenvalue weighted by Crippen LogP contribution is -2.56. The number of hydrogen-bond acceptors (Lipinski definition) is 8. The van der Waals surface area contributed by atoms with Crippen LogP contribution in [-0.4, -0.2) is 54.2 Å². The molecule has 0 spiro atoms. The zero-order valence-corrected chi connectivity index (χ0v) is 19.7. The molecular formula is C25H21N9S. The molecule has 6 aromatic rings. The van der Waals surface area contributed by atoms with Gasteiger partial charge in [0.15, 0.2) is 0 Å². The van der Waals surface area contributed by atoms with Gasteiger partial charge in [-0.15, -0.1) is 11.3 Å². The van der Waals surface area contributed by atoms with Gasteiger partial charge in [0, 0.05) is 46.0 Å². The normalized spacial score (nSPS) is 14.2. The van der Waals surface area contributed by atoms with Gasteiger partial charge in [-0.1, -0.05) is 0 Å². The third-order valence-electron chi connectivity index (χ3n) is 6.32. The van der Waals surface area contributed by atoms with Crippen molar-refractivity contribution in [1.82, 2.24) is 35.1 Å². The number of pyridine rings is 2. The predicted molar refractivity (Wildman–Crippen MR) is 138 cm³/mol. The number of aryl methyl sites for hydroxylation is 1. The number of aromatic amines is 2. The number of nitrogens with one attached hydrogen (secondary N) is 2. The zero-order chi connectivity index (χ0) is 23.5. The topological polar surface area (TPSA) is 125 Å². The minimum atomic E-state index is 0.193. The first-order valence-corrected chi connectivity index (χ1v) is 12.2. The maximum Gasteiger partial charge on any atom is 0.147 e. The van der Waals surface area contributed by atoms with Crippen molar-refractivity contribution in [3.8, 4) is 33.2 Å². The van der Waals surface area contributed by atoms with E-state index in [9.17, 15) is 0 Å². The summed E-state index contributed by atoms with van der Waals surface area (Å²) in [5, 5.41) is 8.74. The maximum absolute atomic E-state index is 5.93. The first kappa shape index (κ1) is 20.2. The van der Waals surface area contributed by atoms with Crippen LogP contribution in [0.2, 0.25) is 0 Å². The Morgan fingerprint density at radius 3 is 2.80 bits per heavy atom. The van der Waals surface area contributed by atoms with Crippen molar-refractivity contribution in [2.24, 2.45) is 5.73 Å². The van der Waals surface area contributed by atoms with Crippen LogP contribution >= 0.6 is 11.3 Å². The number of H-pyrrole nitrogens is 2. The van der Waals surface area contributed by atoms with Crippen molar-refractivity contribution in [2.75, 3.05) is 18.0 Å². The van der Waals surface area contributed by atoms with Crippen molar-refractivity contribution in [1.29, 1.82) is 0 Å². The molecule has 0 amide bonds. The summed E-state index contributed by atoms with van der Waals surface area (Å²) in [5.74, 6) is 0.816. The highest BCUT2D eigenvalue weighted by molar-refractivity contribution is 7.15. The summed E-state index contributed by atoms with van der Waals surface area (Å²) < 4.78 is 0. The van der Waals surface area contributed by atoms with Crippen molar-refractivity contribution < 1.29 is 0 Å². The van der Waals surface area contributed by atoms with Gasteiger partial charge >= 0.3 is 0 Å². The van der Waals surface area contributed by atoms with E-state index in [0.29, 0.717) is 5.69 Å². The molecule has 4 N–H and O–H groups in total. The maximum atomic E-state index is 5.93. The van der Waals surface area contributed by atoms with Crippen LogP contribution in [0.15, 0.2) is 55.0 Å². The number of thiophene rings is 1. The molecule has 1 fully saturated rings. The summed E-state index contributed by atoms with van der Waals surface area (Å²) >= 11 is 1.77. The average molecular weight is 480 g/mol. The Balaban J connectivity index is 1.31. The van der Waals surface area contributed by atoms with E-state index in [-0.39, 0.29) is 6.04 Å². The number of aromatic nitrogens is 7. The van der Waals surface area contributed by atoms with E-state index in [2.05, 4.69) is 61.2 Å². The van der Waals surface area contributed by atoms with Gasteiger partial charge in [0.05, 0.1) is 29.3 Å². The smallest absolute Gasteiger partial charge is 0.147 e. The number of nitrogens with zero attached hydrogens (tertiary/aromatic N) is 6. The molecule has 0 bridgehead atoms. The highest BCUT2D eigenvalue weighted by Crippen LogP contribution is 2.36. The minimum Gasteiger partial charge on any atom is -0.352 e. The standard InChI is InChI=1S/C25H21N9S/c1-13-2-5-21(35-13)15-6-7-28-25-16(15)8-19(31-25)24-23-18(32-33-24)4-3-17(30-23)20-9-27-10-22(29-20)34-11-14(26)12-34/h2-10,14H,11-12,26H2,1H3,(H,28,31)(H,32,33). The Morgan fingerprint density at radius 1 is 1.06 bits per heavy atom. The summed E-state index contributed by atoms with van der Waals surface area (Å²) in [4.78, 5) is 26.7. The summed E-state index contributed by atoms with van der Waals surface area (Å²) in [6.45, 7) is 3.70. The van der Waals surface area contributed by atoms with Gasteiger partial charge < -0.3 is 15.6 Å². The second-order valence-corrected chi connectivity index (χ2v) is 10.1. The molecule has 0 radical (unpaired) electrons.